The highest BCUT2D eigenvalue weighted by Crippen LogP contribution is 2.20. The van der Waals surface area contributed by atoms with Crippen molar-refractivity contribution in [2.45, 2.75) is 42.4 Å². The number of hydrogen-bond donors (Lipinski definition) is 2. The highest BCUT2D eigenvalue weighted by molar-refractivity contribution is 7.99. The number of thioether (sulfide) groups is 1. The Bertz CT molecular complexity index is 1310. The first-order valence-corrected chi connectivity index (χ1v) is 13.6. The maximum Gasteiger partial charge on any atom is 0.277 e. The number of amidine groups is 1. The lowest BCUT2D eigenvalue weighted by atomic mass is 10.2. The summed E-state index contributed by atoms with van der Waals surface area (Å²) in [5.74, 6) is 0.452. The summed E-state index contributed by atoms with van der Waals surface area (Å²) in [5.41, 5.74) is 0.449. The fourth-order valence-electron chi connectivity index (χ4n) is 3.24. The molecule has 0 saturated carbocycles. The second kappa shape index (κ2) is 12.0. The Morgan fingerprint density at radius 1 is 1.06 bits per heavy atom. The Kier molecular flexibility index (Phi) is 8.54. The van der Waals surface area contributed by atoms with Crippen molar-refractivity contribution in [3.05, 3.63) is 60.2 Å². The third kappa shape index (κ3) is 7.52. The molecule has 0 spiro atoms. The third-order valence-corrected chi connectivity index (χ3v) is 7.24. The molecule has 1 aliphatic heterocycles. The van der Waals surface area contributed by atoms with Crippen LogP contribution in [-0.2, 0) is 21.4 Å². The molecule has 0 atom stereocenters. The van der Waals surface area contributed by atoms with Crippen LogP contribution in [0.2, 0.25) is 0 Å². The topological polar surface area (TPSA) is 136 Å². The zero-order valence-electron chi connectivity index (χ0n) is 19.1. The van der Waals surface area contributed by atoms with Crippen molar-refractivity contribution in [2.75, 3.05) is 17.6 Å². The molecule has 13 heteroatoms. The smallest absolute Gasteiger partial charge is 0.277 e. The highest BCUT2D eigenvalue weighted by Gasteiger charge is 2.17. The molecule has 0 saturated heterocycles. The van der Waals surface area contributed by atoms with Gasteiger partial charge in [-0.3, -0.25) is 14.5 Å². The number of halogens is 1. The Morgan fingerprint density at radius 3 is 2.61 bits per heavy atom. The van der Waals surface area contributed by atoms with Gasteiger partial charge in [-0.15, -0.1) is 10.2 Å². The van der Waals surface area contributed by atoms with E-state index in [1.54, 1.807) is 0 Å². The van der Waals surface area contributed by atoms with E-state index in [1.165, 1.54) is 48.5 Å². The van der Waals surface area contributed by atoms with Gasteiger partial charge in [-0.1, -0.05) is 18.2 Å². The van der Waals surface area contributed by atoms with E-state index in [1.807, 2.05) is 0 Å². The molecule has 0 fully saturated rings. The number of nitrogens with zero attached hydrogens (tertiary/aromatic N) is 3. The molecule has 36 heavy (non-hydrogen) atoms. The van der Waals surface area contributed by atoms with Gasteiger partial charge in [0.05, 0.1) is 10.6 Å². The number of aromatic nitrogens is 2. The number of carbonyl (C=O) groups is 1. The number of anilines is 1. The number of carbonyl (C=O) groups excluding carboxylic acids is 1. The number of ether oxygens (including phenoxy) is 1. The summed E-state index contributed by atoms with van der Waals surface area (Å²) in [7, 11) is -3.74. The molecule has 1 amide bonds. The lowest BCUT2D eigenvalue weighted by Gasteiger charge is -2.10. The lowest BCUT2D eigenvalue weighted by Crippen LogP contribution is -2.30. The van der Waals surface area contributed by atoms with Crippen LogP contribution in [0.1, 0.15) is 31.6 Å². The van der Waals surface area contributed by atoms with Gasteiger partial charge in [0.1, 0.15) is 17.4 Å². The van der Waals surface area contributed by atoms with E-state index in [2.05, 4.69) is 25.2 Å². The molecule has 1 aliphatic rings. The van der Waals surface area contributed by atoms with Gasteiger partial charge < -0.3 is 14.5 Å². The molecule has 1 aromatic heterocycles. The summed E-state index contributed by atoms with van der Waals surface area (Å²) in [6, 6.07) is 11.4. The summed E-state index contributed by atoms with van der Waals surface area (Å²) in [6.45, 7) is 0.623. The molecule has 3 aromatic rings. The second-order valence-electron chi connectivity index (χ2n) is 7.81. The van der Waals surface area contributed by atoms with Gasteiger partial charge in [0.15, 0.2) is 6.61 Å². The number of aliphatic imine (C=N–C) groups is 1. The van der Waals surface area contributed by atoms with Crippen LogP contribution in [0, 0.1) is 5.82 Å². The number of nitrogens with one attached hydrogen (secondary N) is 2. The van der Waals surface area contributed by atoms with Crippen LogP contribution < -0.4 is 14.8 Å². The average Bonchev–Trinajstić information content (AvgIpc) is 3.17. The van der Waals surface area contributed by atoms with E-state index in [4.69, 9.17) is 9.15 Å². The number of hydrogen-bond acceptors (Lipinski definition) is 9. The molecule has 0 aliphatic carbocycles. The fraction of sp³-hybridized carbons (Fsp3) is 0.304. The summed E-state index contributed by atoms with van der Waals surface area (Å²) >= 11 is 1.04. The van der Waals surface area contributed by atoms with E-state index >= 15 is 0 Å². The van der Waals surface area contributed by atoms with Crippen molar-refractivity contribution in [3.63, 3.8) is 0 Å². The van der Waals surface area contributed by atoms with Crippen molar-refractivity contribution < 1.29 is 26.8 Å². The predicted molar refractivity (Wildman–Crippen MR) is 132 cm³/mol. The molecule has 2 N–H and O–H groups in total. The zero-order chi connectivity index (χ0) is 25.4. The van der Waals surface area contributed by atoms with Gasteiger partial charge in [0.25, 0.3) is 21.1 Å². The van der Waals surface area contributed by atoms with Gasteiger partial charge in [0.2, 0.25) is 5.91 Å². The first kappa shape index (κ1) is 25.6. The van der Waals surface area contributed by atoms with Crippen LogP contribution in [0.5, 0.6) is 5.75 Å². The van der Waals surface area contributed by atoms with E-state index < -0.39 is 10.0 Å². The van der Waals surface area contributed by atoms with Crippen LogP contribution in [-0.4, -0.2) is 42.7 Å². The first-order valence-electron chi connectivity index (χ1n) is 11.2. The molecule has 10 nitrogen and oxygen atoms in total. The minimum absolute atomic E-state index is 0.00187. The van der Waals surface area contributed by atoms with E-state index in [0.29, 0.717) is 30.2 Å². The Morgan fingerprint density at radius 2 is 1.83 bits per heavy atom. The molecule has 190 valence electrons. The lowest BCUT2D eigenvalue weighted by molar-refractivity contribution is -0.113. The highest BCUT2D eigenvalue weighted by atomic mass is 32.2. The first-order chi connectivity index (χ1) is 17.4. The van der Waals surface area contributed by atoms with Crippen molar-refractivity contribution in [2.24, 2.45) is 4.99 Å². The molecule has 0 radical (unpaired) electrons. The van der Waals surface area contributed by atoms with Crippen molar-refractivity contribution in [1.29, 1.82) is 0 Å². The number of rotatable bonds is 9. The van der Waals surface area contributed by atoms with Gasteiger partial charge in [0, 0.05) is 18.7 Å². The van der Waals surface area contributed by atoms with Gasteiger partial charge >= 0.3 is 0 Å². The van der Waals surface area contributed by atoms with E-state index in [9.17, 15) is 17.6 Å². The van der Waals surface area contributed by atoms with Crippen molar-refractivity contribution in [3.8, 4) is 5.75 Å². The van der Waals surface area contributed by atoms with Crippen LogP contribution in [0.15, 0.2) is 68.1 Å². The summed E-state index contributed by atoms with van der Waals surface area (Å²) < 4.78 is 51.6. The Hall–Kier alpha value is -3.45. The minimum atomic E-state index is -3.74. The SMILES string of the molecule is O=C(CSc1nnc(COc2ccc(F)cc2)o1)Nc1ccc(S(=O)(=O)NC2=NCCCCC2)cc1. The van der Waals surface area contributed by atoms with Crippen molar-refractivity contribution >= 4 is 39.2 Å². The van der Waals surface area contributed by atoms with E-state index in [-0.39, 0.29) is 40.1 Å². The zero-order valence-corrected chi connectivity index (χ0v) is 20.8. The molecule has 0 bridgehead atoms. The van der Waals surface area contributed by atoms with Gasteiger partial charge in [-0.05, 0) is 61.4 Å². The van der Waals surface area contributed by atoms with Crippen LogP contribution in [0.25, 0.3) is 0 Å². The Labute approximate surface area is 211 Å². The average molecular weight is 534 g/mol. The number of benzene rings is 2. The number of sulfonamides is 1. The predicted octanol–water partition coefficient (Wildman–Crippen LogP) is 3.77. The quantitative estimate of drug-likeness (QED) is 0.397. The molecular weight excluding hydrogens is 509 g/mol. The summed E-state index contributed by atoms with van der Waals surface area (Å²) in [5, 5.41) is 10.6. The molecule has 4 rings (SSSR count). The van der Waals surface area contributed by atoms with Crippen LogP contribution >= 0.6 is 11.8 Å². The van der Waals surface area contributed by atoms with E-state index in [0.717, 1.165) is 31.0 Å². The molecule has 2 heterocycles. The van der Waals surface area contributed by atoms with Crippen molar-refractivity contribution in [1.82, 2.24) is 14.9 Å². The number of amides is 1. The standard InChI is InChI=1S/C23H24FN5O5S2/c24-16-5-9-18(10-6-16)33-14-22-27-28-23(34-22)35-15-21(30)26-17-7-11-19(12-8-17)36(31,32)29-20-4-2-1-3-13-25-20/h5-12H,1-4,13-15H2,(H,25,29)(H,26,30). The molecule has 2 aromatic carbocycles. The second-order valence-corrected chi connectivity index (χ2v) is 10.4. The van der Waals surface area contributed by atoms with Crippen LogP contribution in [0.3, 0.4) is 0 Å². The maximum absolute atomic E-state index is 12.9. The van der Waals surface area contributed by atoms with Crippen LogP contribution in [0.4, 0.5) is 10.1 Å². The monoisotopic (exact) mass is 533 g/mol. The van der Waals surface area contributed by atoms with Gasteiger partial charge in [-0.25, -0.2) is 12.8 Å². The minimum Gasteiger partial charge on any atom is -0.484 e. The normalized spacial score (nSPS) is 14.0. The fourth-order valence-corrected chi connectivity index (χ4v) is 4.91. The molecular formula is C23H24FN5O5S2. The Balaban J connectivity index is 1.24. The largest absolute Gasteiger partial charge is 0.484 e. The molecule has 0 unspecified atom stereocenters. The summed E-state index contributed by atoms with van der Waals surface area (Å²) in [6.07, 6.45) is 3.49. The third-order valence-electron chi connectivity index (χ3n) is 5.03. The van der Waals surface area contributed by atoms with Gasteiger partial charge in [-0.2, -0.15) is 0 Å². The maximum atomic E-state index is 12.9. The summed E-state index contributed by atoms with van der Waals surface area (Å²) in [4.78, 5) is 16.7.